The van der Waals surface area contributed by atoms with Crippen LogP contribution in [0.5, 0.6) is 0 Å². The quantitative estimate of drug-likeness (QED) is 0.836. The van der Waals surface area contributed by atoms with E-state index in [0.29, 0.717) is 31.7 Å². The average molecular weight is 400 g/mol. The van der Waals surface area contributed by atoms with Crippen molar-refractivity contribution >= 4 is 57.9 Å². The SMILES string of the molecule is CN(C)c1nc(N2CCCCC2)ncc1NC(=O)c1cc(Cl)sc1Cl. The van der Waals surface area contributed by atoms with E-state index in [4.69, 9.17) is 23.2 Å². The van der Waals surface area contributed by atoms with Crippen LogP contribution in [0.15, 0.2) is 12.3 Å². The van der Waals surface area contributed by atoms with Crippen molar-refractivity contribution in [2.45, 2.75) is 19.3 Å². The van der Waals surface area contributed by atoms with Crippen molar-refractivity contribution in [2.24, 2.45) is 0 Å². The zero-order chi connectivity index (χ0) is 18.0. The van der Waals surface area contributed by atoms with Crippen LogP contribution in [-0.2, 0) is 0 Å². The molecule has 3 rings (SSSR count). The van der Waals surface area contributed by atoms with E-state index in [1.165, 1.54) is 6.42 Å². The third-order valence-electron chi connectivity index (χ3n) is 3.97. The molecule has 2 aromatic rings. The molecule has 0 aliphatic carbocycles. The number of hydrogen-bond donors (Lipinski definition) is 1. The number of anilines is 3. The van der Waals surface area contributed by atoms with Gasteiger partial charge in [-0.15, -0.1) is 11.3 Å². The Balaban J connectivity index is 1.85. The molecule has 1 N–H and O–H groups in total. The first-order valence-electron chi connectivity index (χ1n) is 8.01. The number of nitrogens with one attached hydrogen (secondary N) is 1. The molecule has 0 bridgehead atoms. The van der Waals surface area contributed by atoms with Crippen LogP contribution in [0.1, 0.15) is 29.6 Å². The fourth-order valence-corrected chi connectivity index (χ4v) is 4.18. The maximum atomic E-state index is 12.5. The minimum atomic E-state index is -0.328. The Hall–Kier alpha value is -1.57. The summed E-state index contributed by atoms with van der Waals surface area (Å²) >= 11 is 13.1. The van der Waals surface area contributed by atoms with Crippen molar-refractivity contribution in [2.75, 3.05) is 42.3 Å². The number of carbonyl (C=O) groups is 1. The summed E-state index contributed by atoms with van der Waals surface area (Å²) in [4.78, 5) is 25.6. The van der Waals surface area contributed by atoms with Crippen LogP contribution in [0, 0.1) is 0 Å². The van der Waals surface area contributed by atoms with Crippen molar-refractivity contribution in [3.63, 3.8) is 0 Å². The summed E-state index contributed by atoms with van der Waals surface area (Å²) in [6.45, 7) is 1.92. The van der Waals surface area contributed by atoms with Crippen molar-refractivity contribution < 1.29 is 4.79 Å². The monoisotopic (exact) mass is 399 g/mol. The van der Waals surface area contributed by atoms with Gasteiger partial charge in [-0.1, -0.05) is 23.2 Å². The molecule has 0 atom stereocenters. The van der Waals surface area contributed by atoms with Gasteiger partial charge < -0.3 is 15.1 Å². The second-order valence-electron chi connectivity index (χ2n) is 6.04. The van der Waals surface area contributed by atoms with Gasteiger partial charge in [0.05, 0.1) is 16.1 Å². The average Bonchev–Trinajstić information content (AvgIpc) is 2.94. The molecule has 1 saturated heterocycles. The van der Waals surface area contributed by atoms with Crippen molar-refractivity contribution in [3.8, 4) is 0 Å². The molecular weight excluding hydrogens is 381 g/mol. The number of aromatic nitrogens is 2. The highest BCUT2D eigenvalue weighted by Gasteiger charge is 2.20. The Morgan fingerprint density at radius 1 is 1.28 bits per heavy atom. The Kier molecular flexibility index (Phi) is 5.66. The van der Waals surface area contributed by atoms with Crippen LogP contribution >= 0.6 is 34.5 Å². The molecule has 25 heavy (non-hydrogen) atoms. The van der Waals surface area contributed by atoms with Crippen molar-refractivity contribution in [1.29, 1.82) is 0 Å². The summed E-state index contributed by atoms with van der Waals surface area (Å²) in [5.41, 5.74) is 0.885. The van der Waals surface area contributed by atoms with Gasteiger partial charge in [0.2, 0.25) is 5.95 Å². The number of piperidine rings is 1. The summed E-state index contributed by atoms with van der Waals surface area (Å²) in [5, 5.41) is 2.83. The van der Waals surface area contributed by atoms with E-state index in [2.05, 4.69) is 20.2 Å². The molecule has 2 aromatic heterocycles. The first-order valence-corrected chi connectivity index (χ1v) is 9.58. The molecule has 1 aliphatic heterocycles. The fraction of sp³-hybridized carbons (Fsp3) is 0.438. The summed E-state index contributed by atoms with van der Waals surface area (Å²) in [6, 6.07) is 1.56. The van der Waals surface area contributed by atoms with Gasteiger partial charge in [-0.25, -0.2) is 4.98 Å². The zero-order valence-corrected chi connectivity index (χ0v) is 16.4. The third-order valence-corrected chi connectivity index (χ3v) is 5.46. The van der Waals surface area contributed by atoms with E-state index in [1.54, 1.807) is 12.3 Å². The number of hydrogen-bond acceptors (Lipinski definition) is 6. The van der Waals surface area contributed by atoms with Crippen LogP contribution in [-0.4, -0.2) is 43.1 Å². The predicted molar refractivity (Wildman–Crippen MR) is 105 cm³/mol. The largest absolute Gasteiger partial charge is 0.361 e. The summed E-state index contributed by atoms with van der Waals surface area (Å²) < 4.78 is 0.833. The molecule has 0 spiro atoms. The van der Waals surface area contributed by atoms with E-state index in [0.717, 1.165) is 37.3 Å². The smallest absolute Gasteiger partial charge is 0.258 e. The molecule has 0 aromatic carbocycles. The maximum absolute atomic E-state index is 12.5. The van der Waals surface area contributed by atoms with Crippen molar-refractivity contribution in [1.82, 2.24) is 9.97 Å². The Labute approximate surface area is 160 Å². The van der Waals surface area contributed by atoms with Gasteiger partial charge in [0, 0.05) is 27.2 Å². The number of thiophene rings is 1. The highest BCUT2D eigenvalue weighted by Crippen LogP contribution is 2.32. The molecule has 1 aliphatic rings. The first kappa shape index (κ1) is 18.2. The van der Waals surface area contributed by atoms with Gasteiger partial charge in [0.1, 0.15) is 10.0 Å². The lowest BCUT2D eigenvalue weighted by Crippen LogP contribution is -2.31. The lowest BCUT2D eigenvalue weighted by molar-refractivity contribution is 0.102. The Morgan fingerprint density at radius 2 is 2.00 bits per heavy atom. The second kappa shape index (κ2) is 7.76. The molecule has 0 unspecified atom stereocenters. The van der Waals surface area contributed by atoms with Crippen molar-refractivity contribution in [3.05, 3.63) is 26.5 Å². The first-order chi connectivity index (χ1) is 12.0. The van der Waals surface area contributed by atoms with Crippen LogP contribution in [0.25, 0.3) is 0 Å². The number of amides is 1. The van der Waals surface area contributed by atoms with Gasteiger partial charge in [-0.2, -0.15) is 4.98 Å². The van der Waals surface area contributed by atoms with Crippen LogP contribution in [0.2, 0.25) is 8.67 Å². The van der Waals surface area contributed by atoms with E-state index in [-0.39, 0.29) is 5.91 Å². The molecule has 0 saturated carbocycles. The van der Waals surface area contributed by atoms with Crippen LogP contribution in [0.3, 0.4) is 0 Å². The highest BCUT2D eigenvalue weighted by molar-refractivity contribution is 7.20. The Morgan fingerprint density at radius 3 is 2.60 bits per heavy atom. The molecule has 1 fully saturated rings. The number of halogens is 2. The summed E-state index contributed by atoms with van der Waals surface area (Å²) in [5.74, 6) is 1.02. The van der Waals surface area contributed by atoms with Gasteiger partial charge in [0.25, 0.3) is 5.91 Å². The number of rotatable bonds is 4. The second-order valence-corrected chi connectivity index (χ2v) is 8.33. The van der Waals surface area contributed by atoms with Crippen LogP contribution in [0.4, 0.5) is 17.5 Å². The zero-order valence-electron chi connectivity index (χ0n) is 14.1. The van der Waals surface area contributed by atoms with E-state index >= 15 is 0 Å². The predicted octanol–water partition coefficient (Wildman–Crippen LogP) is 4.15. The normalized spacial score (nSPS) is 14.5. The molecule has 6 nitrogen and oxygen atoms in total. The van der Waals surface area contributed by atoms with Gasteiger partial charge >= 0.3 is 0 Å². The third kappa shape index (κ3) is 4.16. The van der Waals surface area contributed by atoms with E-state index in [9.17, 15) is 4.79 Å². The van der Waals surface area contributed by atoms with Gasteiger partial charge in [0.15, 0.2) is 5.82 Å². The molecule has 1 amide bonds. The topological polar surface area (TPSA) is 61.4 Å². The fourth-order valence-electron chi connectivity index (χ4n) is 2.72. The summed E-state index contributed by atoms with van der Waals surface area (Å²) in [6.07, 6.45) is 5.19. The number of carbonyl (C=O) groups excluding carboxylic acids is 1. The molecule has 134 valence electrons. The number of nitrogens with zero attached hydrogens (tertiary/aromatic N) is 4. The van der Waals surface area contributed by atoms with E-state index < -0.39 is 0 Å². The molecule has 9 heteroatoms. The summed E-state index contributed by atoms with van der Waals surface area (Å²) in [7, 11) is 3.76. The Bertz CT molecular complexity index is 774. The molecular formula is C16H19Cl2N5OS. The molecule has 0 radical (unpaired) electrons. The molecule has 3 heterocycles. The highest BCUT2D eigenvalue weighted by atomic mass is 35.5. The minimum Gasteiger partial charge on any atom is -0.361 e. The lowest BCUT2D eigenvalue weighted by atomic mass is 10.1. The van der Waals surface area contributed by atoms with Gasteiger partial charge in [-0.05, 0) is 25.3 Å². The standard InChI is InChI=1S/C16H19Cl2N5OS/c1-22(2)14-11(20-15(24)10-8-12(17)25-13(10)18)9-19-16(21-14)23-6-4-3-5-7-23/h8-9H,3-7H2,1-2H3,(H,20,24). The van der Waals surface area contributed by atoms with E-state index in [1.807, 2.05) is 19.0 Å². The van der Waals surface area contributed by atoms with Gasteiger partial charge in [-0.3, -0.25) is 4.79 Å². The maximum Gasteiger partial charge on any atom is 0.258 e. The lowest BCUT2D eigenvalue weighted by Gasteiger charge is -2.28. The van der Waals surface area contributed by atoms with Crippen LogP contribution < -0.4 is 15.1 Å². The minimum absolute atomic E-state index is 0.328.